The second kappa shape index (κ2) is 6.29. The Morgan fingerprint density at radius 2 is 1.95 bits per heavy atom. The Kier molecular flexibility index (Phi) is 4.25. The van der Waals surface area contributed by atoms with E-state index in [1.54, 1.807) is 12.1 Å². The number of nitro groups is 1. The Balaban J connectivity index is 2.12. The fourth-order valence-corrected chi connectivity index (χ4v) is 1.58. The number of amides is 1. The topological polar surface area (TPSA) is 105 Å². The molecule has 0 aliphatic heterocycles. The first-order valence-electron chi connectivity index (χ1n) is 5.94. The van der Waals surface area contributed by atoms with Crippen LogP contribution in [0.1, 0.15) is 15.9 Å². The molecule has 0 radical (unpaired) electrons. The summed E-state index contributed by atoms with van der Waals surface area (Å²) >= 11 is 0. The van der Waals surface area contributed by atoms with E-state index in [1.807, 2.05) is 18.2 Å². The van der Waals surface area contributed by atoms with Gasteiger partial charge in [0.1, 0.15) is 5.75 Å². The van der Waals surface area contributed by atoms with E-state index in [0.717, 1.165) is 23.8 Å². The number of hydrogen-bond donors (Lipinski definition) is 2. The minimum atomic E-state index is -0.733. The molecule has 0 aromatic heterocycles. The third-order valence-corrected chi connectivity index (χ3v) is 2.61. The number of nitrogens with one attached hydrogen (secondary N) is 1. The highest BCUT2D eigenvalue weighted by Crippen LogP contribution is 2.22. The Hall–Kier alpha value is -3.22. The normalized spacial score (nSPS) is 10.5. The summed E-state index contributed by atoms with van der Waals surface area (Å²) in [4.78, 5) is 21.8. The number of hydrazone groups is 1. The molecule has 0 heterocycles. The molecule has 2 aromatic rings. The minimum Gasteiger partial charge on any atom is -0.507 e. The predicted molar refractivity (Wildman–Crippen MR) is 76.3 cm³/mol. The number of phenols is 1. The predicted octanol–water partition coefficient (Wildman–Crippen LogP) is 2.06. The van der Waals surface area contributed by atoms with Gasteiger partial charge in [-0.1, -0.05) is 30.3 Å². The van der Waals surface area contributed by atoms with Crippen molar-refractivity contribution in [2.45, 2.75) is 0 Å². The highest BCUT2D eigenvalue weighted by atomic mass is 16.6. The molecule has 2 rings (SSSR count). The number of nitrogens with zero attached hydrogens (tertiary/aromatic N) is 2. The van der Waals surface area contributed by atoms with Crippen LogP contribution in [0.2, 0.25) is 0 Å². The van der Waals surface area contributed by atoms with Gasteiger partial charge in [0.15, 0.2) is 0 Å². The van der Waals surface area contributed by atoms with Crippen molar-refractivity contribution < 1.29 is 14.8 Å². The van der Waals surface area contributed by atoms with Crippen molar-refractivity contribution in [2.24, 2.45) is 5.10 Å². The summed E-state index contributed by atoms with van der Waals surface area (Å²) in [6.45, 7) is 0. The van der Waals surface area contributed by atoms with Crippen LogP contribution in [0.25, 0.3) is 0 Å². The number of benzene rings is 2. The molecule has 0 aliphatic rings. The zero-order chi connectivity index (χ0) is 15.2. The zero-order valence-electron chi connectivity index (χ0n) is 10.8. The van der Waals surface area contributed by atoms with Crippen LogP contribution in [0.4, 0.5) is 5.69 Å². The molecule has 0 saturated heterocycles. The SMILES string of the molecule is O=C(N/N=C/c1ccccc1)c1cc([N+](=O)[O-])ccc1O. The summed E-state index contributed by atoms with van der Waals surface area (Å²) in [6, 6.07) is 12.2. The van der Waals surface area contributed by atoms with Crippen LogP contribution in [-0.4, -0.2) is 22.2 Å². The van der Waals surface area contributed by atoms with Crippen LogP contribution < -0.4 is 5.43 Å². The van der Waals surface area contributed by atoms with Crippen LogP contribution in [-0.2, 0) is 0 Å². The molecule has 7 nitrogen and oxygen atoms in total. The van der Waals surface area contributed by atoms with Gasteiger partial charge < -0.3 is 5.11 Å². The summed E-state index contributed by atoms with van der Waals surface area (Å²) in [7, 11) is 0. The van der Waals surface area contributed by atoms with Crippen LogP contribution >= 0.6 is 0 Å². The second-order valence-electron chi connectivity index (χ2n) is 4.07. The van der Waals surface area contributed by atoms with Crippen LogP contribution in [0, 0.1) is 10.1 Å². The lowest BCUT2D eigenvalue weighted by molar-refractivity contribution is -0.384. The summed E-state index contributed by atoms with van der Waals surface area (Å²) in [5.74, 6) is -1.09. The molecule has 21 heavy (non-hydrogen) atoms. The van der Waals surface area contributed by atoms with Crippen LogP contribution in [0.15, 0.2) is 53.6 Å². The van der Waals surface area contributed by atoms with Gasteiger partial charge in [0.25, 0.3) is 11.6 Å². The van der Waals surface area contributed by atoms with E-state index in [1.165, 1.54) is 6.21 Å². The van der Waals surface area contributed by atoms with Gasteiger partial charge in [0, 0.05) is 12.1 Å². The minimum absolute atomic E-state index is 0.214. The van der Waals surface area contributed by atoms with Crippen LogP contribution in [0.5, 0.6) is 5.75 Å². The Morgan fingerprint density at radius 1 is 1.24 bits per heavy atom. The first kappa shape index (κ1) is 14.2. The van der Waals surface area contributed by atoms with Crippen molar-refractivity contribution >= 4 is 17.8 Å². The maximum Gasteiger partial charge on any atom is 0.275 e. The molecule has 0 atom stereocenters. The van der Waals surface area contributed by atoms with Gasteiger partial charge in [-0.3, -0.25) is 14.9 Å². The van der Waals surface area contributed by atoms with Crippen molar-refractivity contribution in [1.82, 2.24) is 5.43 Å². The maximum absolute atomic E-state index is 11.8. The molecule has 2 N–H and O–H groups in total. The zero-order valence-corrected chi connectivity index (χ0v) is 10.8. The van der Waals surface area contributed by atoms with Crippen molar-refractivity contribution in [1.29, 1.82) is 0 Å². The van der Waals surface area contributed by atoms with Gasteiger partial charge in [-0.05, 0) is 11.6 Å². The summed E-state index contributed by atoms with van der Waals surface area (Å²) < 4.78 is 0. The van der Waals surface area contributed by atoms with Gasteiger partial charge in [0.2, 0.25) is 0 Å². The summed E-state index contributed by atoms with van der Waals surface area (Å²) in [5.41, 5.74) is 2.48. The van der Waals surface area contributed by atoms with E-state index in [9.17, 15) is 20.0 Å². The van der Waals surface area contributed by atoms with E-state index in [0.29, 0.717) is 0 Å². The molecule has 0 saturated carbocycles. The third-order valence-electron chi connectivity index (χ3n) is 2.61. The molecule has 0 fully saturated rings. The Bertz CT molecular complexity index is 699. The summed E-state index contributed by atoms with van der Waals surface area (Å²) in [5, 5.41) is 23.9. The van der Waals surface area contributed by atoms with Gasteiger partial charge in [-0.25, -0.2) is 5.43 Å². The van der Waals surface area contributed by atoms with E-state index < -0.39 is 10.8 Å². The number of carbonyl (C=O) groups excluding carboxylic acids is 1. The van der Waals surface area contributed by atoms with Crippen molar-refractivity contribution in [2.75, 3.05) is 0 Å². The first-order valence-corrected chi connectivity index (χ1v) is 5.94. The standard InChI is InChI=1S/C14H11N3O4/c18-13-7-6-11(17(20)21)8-12(13)14(19)16-15-9-10-4-2-1-3-5-10/h1-9,18H,(H,16,19)/b15-9+. The number of non-ortho nitro benzene ring substituents is 1. The Labute approximate surface area is 119 Å². The Morgan fingerprint density at radius 3 is 2.62 bits per heavy atom. The number of aromatic hydroxyl groups is 1. The molecule has 2 aromatic carbocycles. The molecule has 106 valence electrons. The fraction of sp³-hybridized carbons (Fsp3) is 0. The molecule has 0 bridgehead atoms. The van der Waals surface area contributed by atoms with Gasteiger partial charge in [-0.2, -0.15) is 5.10 Å². The highest BCUT2D eigenvalue weighted by molar-refractivity contribution is 5.97. The number of hydrogen-bond acceptors (Lipinski definition) is 5. The van der Waals surface area contributed by atoms with Crippen molar-refractivity contribution in [3.8, 4) is 5.75 Å². The number of nitro benzene ring substituents is 1. The largest absolute Gasteiger partial charge is 0.507 e. The lowest BCUT2D eigenvalue weighted by Gasteiger charge is -2.02. The van der Waals surface area contributed by atoms with E-state index in [-0.39, 0.29) is 17.0 Å². The van der Waals surface area contributed by atoms with Crippen molar-refractivity contribution in [3.05, 3.63) is 69.8 Å². The average molecular weight is 285 g/mol. The summed E-state index contributed by atoms with van der Waals surface area (Å²) in [6.07, 6.45) is 1.42. The number of phenolic OH excluding ortho intramolecular Hbond substituents is 1. The molecule has 1 amide bonds. The number of rotatable bonds is 4. The molecule has 0 unspecified atom stereocenters. The smallest absolute Gasteiger partial charge is 0.275 e. The average Bonchev–Trinajstić information content (AvgIpc) is 2.48. The molecular formula is C14H11N3O4. The second-order valence-corrected chi connectivity index (χ2v) is 4.07. The number of carbonyl (C=O) groups is 1. The van der Waals surface area contributed by atoms with Gasteiger partial charge >= 0.3 is 0 Å². The third kappa shape index (κ3) is 3.63. The van der Waals surface area contributed by atoms with Gasteiger partial charge in [-0.15, -0.1) is 0 Å². The molecule has 0 aliphatic carbocycles. The quantitative estimate of drug-likeness (QED) is 0.509. The lowest BCUT2D eigenvalue weighted by Crippen LogP contribution is -2.17. The van der Waals surface area contributed by atoms with Crippen molar-refractivity contribution in [3.63, 3.8) is 0 Å². The lowest BCUT2D eigenvalue weighted by atomic mass is 10.1. The first-order chi connectivity index (χ1) is 10.1. The monoisotopic (exact) mass is 285 g/mol. The molecular weight excluding hydrogens is 274 g/mol. The van der Waals surface area contributed by atoms with Crippen LogP contribution in [0.3, 0.4) is 0 Å². The van der Waals surface area contributed by atoms with E-state index in [4.69, 9.17) is 0 Å². The fourth-order valence-electron chi connectivity index (χ4n) is 1.58. The van der Waals surface area contributed by atoms with E-state index in [2.05, 4.69) is 10.5 Å². The van der Waals surface area contributed by atoms with Gasteiger partial charge in [0.05, 0.1) is 16.7 Å². The highest BCUT2D eigenvalue weighted by Gasteiger charge is 2.15. The molecule has 0 spiro atoms. The molecule has 7 heteroatoms. The maximum atomic E-state index is 11.8. The van der Waals surface area contributed by atoms with E-state index >= 15 is 0 Å².